The molecule has 0 saturated carbocycles. The van der Waals surface area contributed by atoms with Gasteiger partial charge in [0.25, 0.3) is 0 Å². The molecule has 0 fully saturated rings. The molecule has 0 N–H and O–H groups in total. The quantitative estimate of drug-likeness (QED) is 0.0684. The highest BCUT2D eigenvalue weighted by molar-refractivity contribution is 6.67. The van der Waals surface area contributed by atoms with E-state index < -0.39 is 39.4 Å². The molecule has 0 saturated heterocycles. The molecule has 0 radical (unpaired) electrons. The average Bonchev–Trinajstić information content (AvgIpc) is 2.96. The van der Waals surface area contributed by atoms with Crippen molar-refractivity contribution in [3.05, 3.63) is 25.3 Å². The number of halogens is 3. The van der Waals surface area contributed by atoms with E-state index in [4.69, 9.17) is 49.0 Å². The smallest absolute Gasteiger partial charge is 0.430 e. The van der Waals surface area contributed by atoms with Crippen LogP contribution in [0, 0.1) is 34.5 Å². The fraction of sp³-hybridized carbons (Fsp3) is 0.735. The van der Waals surface area contributed by atoms with E-state index in [-0.39, 0.29) is 47.2 Å². The molecule has 0 aliphatic carbocycles. The van der Waals surface area contributed by atoms with Crippen LogP contribution in [0.25, 0.3) is 0 Å². The molecule has 10 nitrogen and oxygen atoms in total. The van der Waals surface area contributed by atoms with E-state index in [1.54, 1.807) is 82.9 Å². The zero-order valence-electron chi connectivity index (χ0n) is 30.4. The predicted molar refractivity (Wildman–Crippen MR) is 189 cm³/mol. The average molecular weight is 728 g/mol. The summed E-state index contributed by atoms with van der Waals surface area (Å²) in [6.07, 6.45) is 2.63. The van der Waals surface area contributed by atoms with Gasteiger partial charge in [0.1, 0.15) is 23.5 Å². The number of nitrogens with zero attached hydrogens (tertiary/aromatic N) is 2. The second-order valence-corrected chi connectivity index (χ2v) is 15.9. The molecule has 2 amide bonds. The van der Waals surface area contributed by atoms with E-state index in [1.165, 1.54) is 9.80 Å². The van der Waals surface area contributed by atoms with E-state index >= 15 is 0 Å². The van der Waals surface area contributed by atoms with Gasteiger partial charge in [-0.05, 0) is 52.4 Å². The summed E-state index contributed by atoms with van der Waals surface area (Å²) in [4.78, 5) is 65.0. The van der Waals surface area contributed by atoms with Crippen LogP contribution in [0.4, 0.5) is 4.79 Å². The Kier molecular flexibility index (Phi) is 20.4. The van der Waals surface area contributed by atoms with Crippen LogP contribution in [-0.2, 0) is 33.4 Å². The van der Waals surface area contributed by atoms with Gasteiger partial charge in [-0.15, -0.1) is 13.2 Å². The Morgan fingerprint density at radius 3 is 1.34 bits per heavy atom. The van der Waals surface area contributed by atoms with Gasteiger partial charge in [-0.2, -0.15) is 0 Å². The second kappa shape index (κ2) is 20.4. The normalized spacial score (nSPS) is 15.7. The fourth-order valence-electron chi connectivity index (χ4n) is 5.49. The van der Waals surface area contributed by atoms with Crippen LogP contribution in [-0.4, -0.2) is 97.2 Å². The summed E-state index contributed by atoms with van der Waals surface area (Å²) in [7, 11) is 8.08. The van der Waals surface area contributed by atoms with Crippen molar-refractivity contribution in [2.75, 3.05) is 41.9 Å². The maximum Gasteiger partial charge on any atom is 0.508 e. The third-order valence-corrected chi connectivity index (χ3v) is 8.31. The molecule has 6 atom stereocenters. The molecule has 13 heteroatoms. The molecule has 0 rings (SSSR count). The molecular weight excluding hydrogens is 671 g/mol. The lowest BCUT2D eigenvalue weighted by atomic mass is 9.76. The Labute approximate surface area is 297 Å². The Morgan fingerprint density at radius 1 is 0.702 bits per heavy atom. The maximum absolute atomic E-state index is 13.0. The second-order valence-electron chi connectivity index (χ2n) is 13.4. The first-order valence-electron chi connectivity index (χ1n) is 15.4. The van der Waals surface area contributed by atoms with Gasteiger partial charge in [0.15, 0.2) is 11.6 Å². The first kappa shape index (κ1) is 47.0. The first-order valence-corrected chi connectivity index (χ1v) is 16.6. The van der Waals surface area contributed by atoms with Crippen molar-refractivity contribution in [1.82, 2.24) is 9.80 Å². The van der Waals surface area contributed by atoms with Crippen LogP contribution >= 0.6 is 34.8 Å². The molecule has 0 heterocycles. The zero-order chi connectivity index (χ0) is 37.7. The highest BCUT2D eigenvalue weighted by Gasteiger charge is 2.45. The molecule has 0 aromatic rings. The van der Waals surface area contributed by atoms with Crippen molar-refractivity contribution in [2.45, 2.75) is 84.2 Å². The molecule has 0 aliphatic rings. The summed E-state index contributed by atoms with van der Waals surface area (Å²) in [5, 5.41) is 0. The number of hydrogen-bond donors (Lipinski definition) is 0. The van der Waals surface area contributed by atoms with Crippen molar-refractivity contribution in [2.24, 2.45) is 34.5 Å². The number of allylic oxidation sites excluding steroid dienone is 2. The van der Waals surface area contributed by atoms with Crippen molar-refractivity contribution in [3.8, 4) is 0 Å². The number of carbonyl (C=O) groups excluding carboxylic acids is 5. The highest BCUT2D eigenvalue weighted by atomic mass is 35.6. The van der Waals surface area contributed by atoms with Crippen LogP contribution in [0.2, 0.25) is 0 Å². The summed E-state index contributed by atoms with van der Waals surface area (Å²) in [6, 6.07) is 0. The Bertz CT molecular complexity index is 1090. The maximum atomic E-state index is 13.0. The molecule has 0 unspecified atom stereocenters. The zero-order valence-corrected chi connectivity index (χ0v) is 32.7. The number of methoxy groups -OCH3 is 1. The van der Waals surface area contributed by atoms with E-state index in [9.17, 15) is 24.0 Å². The number of ether oxygens (including phenoxy) is 3. The van der Waals surface area contributed by atoms with Crippen LogP contribution in [0.1, 0.15) is 68.2 Å². The predicted octanol–water partition coefficient (Wildman–Crippen LogP) is 6.94. The number of hydrogen-bond acceptors (Lipinski definition) is 8. The van der Waals surface area contributed by atoms with Crippen molar-refractivity contribution in [3.63, 3.8) is 0 Å². The molecule has 0 aromatic heterocycles. The lowest BCUT2D eigenvalue weighted by molar-refractivity contribution is -0.151. The number of carbonyl (C=O) groups is 5. The summed E-state index contributed by atoms with van der Waals surface area (Å²) in [5.41, 5.74) is -2.31. The Morgan fingerprint density at radius 2 is 1.04 bits per heavy atom. The van der Waals surface area contributed by atoms with Crippen molar-refractivity contribution >= 4 is 64.3 Å². The van der Waals surface area contributed by atoms with Gasteiger partial charge in [-0.25, -0.2) is 4.79 Å². The lowest BCUT2D eigenvalue weighted by Crippen LogP contribution is -2.48. The van der Waals surface area contributed by atoms with Gasteiger partial charge >= 0.3 is 6.16 Å². The van der Waals surface area contributed by atoms with Gasteiger partial charge in [-0.3, -0.25) is 19.2 Å². The standard InChI is InChI=1S/C18H28Cl3NO5.C16H29NO3/c1-8-9-11(2)13(27-16(25)26-10-18(19,20)21)12(3)14(23)17(4,5)15(24)22(6)7;1-9-10-11(2)13(20-8)12(3)14(18)16(4,5)15(19)17(6)7/h8,11-13H,1,9-10H2,2-7H3;9,11-13H,1,10H2,2-8H3/t2*11-,12+,13-/m00/s1. The van der Waals surface area contributed by atoms with Crippen LogP contribution in [0.5, 0.6) is 0 Å². The van der Waals surface area contributed by atoms with Gasteiger partial charge in [-0.1, -0.05) is 74.6 Å². The monoisotopic (exact) mass is 726 g/mol. The lowest BCUT2D eigenvalue weighted by Gasteiger charge is -2.33. The first-order chi connectivity index (χ1) is 21.3. The molecule has 272 valence electrons. The molecule has 0 bridgehead atoms. The number of Topliss-reactive ketones (excluding diaryl/α,β-unsaturated/α-hetero) is 2. The van der Waals surface area contributed by atoms with Gasteiger partial charge < -0.3 is 24.0 Å². The van der Waals surface area contributed by atoms with Crippen molar-refractivity contribution < 1.29 is 38.2 Å². The summed E-state index contributed by atoms with van der Waals surface area (Å²) >= 11 is 16.7. The van der Waals surface area contributed by atoms with E-state index in [2.05, 4.69) is 13.2 Å². The third kappa shape index (κ3) is 14.9. The van der Waals surface area contributed by atoms with Gasteiger partial charge in [0.05, 0.1) is 12.0 Å². The van der Waals surface area contributed by atoms with Crippen LogP contribution in [0.15, 0.2) is 25.3 Å². The fourth-order valence-corrected chi connectivity index (χ4v) is 5.65. The van der Waals surface area contributed by atoms with E-state index in [0.29, 0.717) is 6.42 Å². The Hall–Kier alpha value is -2.14. The molecule has 0 spiro atoms. The van der Waals surface area contributed by atoms with Gasteiger partial charge in [0.2, 0.25) is 15.6 Å². The third-order valence-electron chi connectivity index (χ3n) is 7.98. The van der Waals surface area contributed by atoms with Gasteiger partial charge in [0, 0.05) is 41.2 Å². The van der Waals surface area contributed by atoms with Crippen LogP contribution in [0.3, 0.4) is 0 Å². The van der Waals surface area contributed by atoms with E-state index in [1.807, 2.05) is 19.9 Å². The highest BCUT2D eigenvalue weighted by Crippen LogP contribution is 2.32. The van der Waals surface area contributed by atoms with Crippen molar-refractivity contribution in [1.29, 1.82) is 0 Å². The minimum atomic E-state index is -1.77. The minimum Gasteiger partial charge on any atom is -0.430 e. The number of ketones is 2. The summed E-state index contributed by atoms with van der Waals surface area (Å²) < 4.78 is 13.9. The molecular formula is C34H57Cl3N2O8. The minimum absolute atomic E-state index is 0.0843. The number of alkyl halides is 3. The molecule has 47 heavy (non-hydrogen) atoms. The Balaban J connectivity index is 0. The number of rotatable bonds is 17. The SMILES string of the molecule is C=CC[C@H](C)[C@H](OC(=O)OCC(Cl)(Cl)Cl)[C@@H](C)C(=O)C(C)(C)C(=O)N(C)C.C=CC[C@H](C)[C@H](OC)[C@@H](C)C(=O)C(C)(C)C(=O)N(C)C. The largest absolute Gasteiger partial charge is 0.508 e. The molecule has 0 aliphatic heterocycles. The summed E-state index contributed by atoms with van der Waals surface area (Å²) in [5.74, 6) is -2.12. The summed E-state index contributed by atoms with van der Waals surface area (Å²) in [6.45, 7) is 20.6. The molecule has 0 aromatic carbocycles. The topological polar surface area (TPSA) is 120 Å². The van der Waals surface area contributed by atoms with Crippen LogP contribution < -0.4 is 0 Å². The van der Waals surface area contributed by atoms with E-state index in [0.717, 1.165) is 6.42 Å². The number of amides is 2.